The molecule has 0 heterocycles. The molecule has 114 valence electrons. The number of hydrogen-bond donors (Lipinski definition) is 0. The number of allylic oxidation sites excluding steroid dienone is 4. The second kappa shape index (κ2) is 6.51. The van der Waals surface area contributed by atoms with Gasteiger partial charge in [-0.15, -0.1) is 0 Å². The second-order valence-electron chi connectivity index (χ2n) is 7.86. The Morgan fingerprint density at radius 2 is 2.00 bits per heavy atom. The first-order valence-corrected chi connectivity index (χ1v) is 11.8. The topological polar surface area (TPSA) is 9.23 Å². The first kappa shape index (κ1) is 15.9. The van der Waals surface area contributed by atoms with Crippen molar-refractivity contribution in [1.29, 1.82) is 0 Å². The molecule has 2 aliphatic carbocycles. The van der Waals surface area contributed by atoms with Gasteiger partial charge in [0.05, 0.1) is 5.76 Å². The Labute approximate surface area is 126 Å². The molecule has 0 saturated carbocycles. The van der Waals surface area contributed by atoms with Gasteiger partial charge in [-0.2, -0.15) is 0 Å². The van der Waals surface area contributed by atoms with Gasteiger partial charge >= 0.3 is 0 Å². The van der Waals surface area contributed by atoms with Crippen LogP contribution < -0.4 is 0 Å². The van der Waals surface area contributed by atoms with Crippen molar-refractivity contribution in [3.8, 4) is 0 Å². The minimum atomic E-state index is -1.43. The summed E-state index contributed by atoms with van der Waals surface area (Å²) in [6, 6.07) is 0. The second-order valence-corrected chi connectivity index (χ2v) is 12.3. The Bertz CT molecular complexity index is 400. The van der Waals surface area contributed by atoms with Gasteiger partial charge < -0.3 is 4.43 Å². The maximum Gasteiger partial charge on any atom is 0.241 e. The molecule has 0 fully saturated rings. The standard InChI is InChI=1S/C18H32OSi/c1-14-9-11-16(12-10-14)15(2)13-17-7-6-8-18(17)19-20(3,4)5/h9,15-16H,6-8,10-13H2,1-5H3/t15?,16-/m0/s1. The molecular weight excluding hydrogens is 260 g/mol. The monoisotopic (exact) mass is 292 g/mol. The third-order valence-electron chi connectivity index (χ3n) is 4.76. The first-order chi connectivity index (χ1) is 9.35. The van der Waals surface area contributed by atoms with E-state index < -0.39 is 8.32 Å². The van der Waals surface area contributed by atoms with E-state index in [0.717, 1.165) is 11.8 Å². The van der Waals surface area contributed by atoms with Gasteiger partial charge in [0.25, 0.3) is 0 Å². The lowest BCUT2D eigenvalue weighted by Gasteiger charge is -2.28. The molecule has 0 spiro atoms. The van der Waals surface area contributed by atoms with Gasteiger partial charge in [0.1, 0.15) is 0 Å². The van der Waals surface area contributed by atoms with Crippen LogP contribution in [0.2, 0.25) is 19.6 Å². The van der Waals surface area contributed by atoms with E-state index in [4.69, 9.17) is 4.43 Å². The molecule has 0 aromatic rings. The lowest BCUT2D eigenvalue weighted by atomic mass is 9.79. The van der Waals surface area contributed by atoms with Crippen molar-refractivity contribution in [2.24, 2.45) is 11.8 Å². The first-order valence-electron chi connectivity index (χ1n) is 8.40. The highest BCUT2D eigenvalue weighted by molar-refractivity contribution is 6.70. The van der Waals surface area contributed by atoms with Gasteiger partial charge in [-0.3, -0.25) is 0 Å². The Kier molecular flexibility index (Phi) is 5.17. The number of rotatable bonds is 5. The fourth-order valence-electron chi connectivity index (χ4n) is 3.54. The molecule has 20 heavy (non-hydrogen) atoms. The van der Waals surface area contributed by atoms with Crippen LogP contribution in [0, 0.1) is 11.8 Å². The summed E-state index contributed by atoms with van der Waals surface area (Å²) in [4.78, 5) is 0. The van der Waals surface area contributed by atoms with Crippen molar-refractivity contribution in [2.45, 2.75) is 78.4 Å². The lowest BCUT2D eigenvalue weighted by molar-refractivity contribution is 0.318. The minimum Gasteiger partial charge on any atom is -0.547 e. The van der Waals surface area contributed by atoms with Crippen LogP contribution in [-0.4, -0.2) is 8.32 Å². The molecular formula is C18H32OSi. The Balaban J connectivity index is 1.95. The highest BCUT2D eigenvalue weighted by atomic mass is 28.4. The van der Waals surface area contributed by atoms with E-state index in [1.807, 2.05) is 0 Å². The van der Waals surface area contributed by atoms with E-state index in [1.165, 1.54) is 50.7 Å². The summed E-state index contributed by atoms with van der Waals surface area (Å²) in [5, 5.41) is 0. The van der Waals surface area contributed by atoms with E-state index in [1.54, 1.807) is 11.1 Å². The largest absolute Gasteiger partial charge is 0.547 e. The Hall–Kier alpha value is -0.503. The molecule has 1 nitrogen and oxygen atoms in total. The van der Waals surface area contributed by atoms with Gasteiger partial charge in [0, 0.05) is 6.42 Å². The summed E-state index contributed by atoms with van der Waals surface area (Å²) in [6.45, 7) is 11.6. The average Bonchev–Trinajstić information content (AvgIpc) is 2.75. The van der Waals surface area contributed by atoms with Gasteiger partial charge in [0.2, 0.25) is 8.32 Å². The molecule has 0 aromatic heterocycles. The lowest BCUT2D eigenvalue weighted by Crippen LogP contribution is -2.25. The molecule has 0 amide bonds. The van der Waals surface area contributed by atoms with Crippen LogP contribution in [0.5, 0.6) is 0 Å². The van der Waals surface area contributed by atoms with Gasteiger partial charge in [-0.05, 0) is 82.5 Å². The normalized spacial score (nSPS) is 25.6. The molecule has 2 aliphatic rings. The summed E-state index contributed by atoms with van der Waals surface area (Å²) >= 11 is 0. The van der Waals surface area contributed by atoms with Crippen LogP contribution in [0.1, 0.15) is 58.8 Å². The van der Waals surface area contributed by atoms with E-state index in [-0.39, 0.29) is 0 Å². The fraction of sp³-hybridized carbons (Fsp3) is 0.778. The predicted molar refractivity (Wildman–Crippen MR) is 90.2 cm³/mol. The van der Waals surface area contributed by atoms with E-state index in [9.17, 15) is 0 Å². The van der Waals surface area contributed by atoms with Crippen molar-refractivity contribution >= 4 is 8.32 Å². The van der Waals surface area contributed by atoms with E-state index in [0.29, 0.717) is 0 Å². The van der Waals surface area contributed by atoms with Crippen LogP contribution in [-0.2, 0) is 4.43 Å². The molecule has 0 aromatic carbocycles. The third-order valence-corrected chi connectivity index (χ3v) is 5.62. The summed E-state index contributed by atoms with van der Waals surface area (Å²) < 4.78 is 6.32. The summed E-state index contributed by atoms with van der Waals surface area (Å²) in [7, 11) is -1.43. The van der Waals surface area contributed by atoms with Crippen molar-refractivity contribution < 1.29 is 4.43 Å². The molecule has 1 unspecified atom stereocenters. The van der Waals surface area contributed by atoms with Crippen LogP contribution in [0.4, 0.5) is 0 Å². The Morgan fingerprint density at radius 1 is 1.25 bits per heavy atom. The van der Waals surface area contributed by atoms with Crippen molar-refractivity contribution in [3.05, 3.63) is 23.0 Å². The SMILES string of the molecule is CC1=CC[C@H](C(C)CC2=C(O[Si](C)(C)C)CCC2)CC1. The van der Waals surface area contributed by atoms with Crippen molar-refractivity contribution in [2.75, 3.05) is 0 Å². The molecule has 0 aliphatic heterocycles. The van der Waals surface area contributed by atoms with Crippen LogP contribution >= 0.6 is 0 Å². The van der Waals surface area contributed by atoms with Gasteiger partial charge in [-0.25, -0.2) is 0 Å². The predicted octanol–water partition coefficient (Wildman–Crippen LogP) is 6.05. The summed E-state index contributed by atoms with van der Waals surface area (Å²) in [5.74, 6) is 3.08. The van der Waals surface area contributed by atoms with Crippen molar-refractivity contribution in [3.63, 3.8) is 0 Å². The Morgan fingerprint density at radius 3 is 2.60 bits per heavy atom. The quantitative estimate of drug-likeness (QED) is 0.443. The molecule has 0 radical (unpaired) electrons. The highest BCUT2D eigenvalue weighted by Gasteiger charge is 2.26. The third kappa shape index (κ3) is 4.51. The maximum absolute atomic E-state index is 6.32. The zero-order valence-corrected chi connectivity index (χ0v) is 15.1. The van der Waals surface area contributed by atoms with Crippen LogP contribution in [0.25, 0.3) is 0 Å². The number of hydrogen-bond acceptors (Lipinski definition) is 1. The van der Waals surface area contributed by atoms with Crippen molar-refractivity contribution in [1.82, 2.24) is 0 Å². The maximum atomic E-state index is 6.32. The van der Waals surface area contributed by atoms with E-state index in [2.05, 4.69) is 39.6 Å². The molecule has 2 atom stereocenters. The highest BCUT2D eigenvalue weighted by Crippen LogP contribution is 2.38. The molecule has 2 heteroatoms. The zero-order valence-electron chi connectivity index (χ0n) is 14.1. The zero-order chi connectivity index (χ0) is 14.8. The molecule has 0 saturated heterocycles. The van der Waals surface area contributed by atoms with Gasteiger partial charge in [0.15, 0.2) is 0 Å². The summed E-state index contributed by atoms with van der Waals surface area (Å²) in [5.41, 5.74) is 3.24. The average molecular weight is 293 g/mol. The van der Waals surface area contributed by atoms with Crippen LogP contribution in [0.15, 0.2) is 23.0 Å². The smallest absolute Gasteiger partial charge is 0.241 e. The van der Waals surface area contributed by atoms with Crippen LogP contribution in [0.3, 0.4) is 0 Å². The minimum absolute atomic E-state index is 0.813. The van der Waals surface area contributed by atoms with E-state index >= 15 is 0 Å². The molecule has 0 bridgehead atoms. The molecule has 2 rings (SSSR count). The fourth-order valence-corrected chi connectivity index (χ4v) is 4.53. The summed E-state index contributed by atoms with van der Waals surface area (Å²) in [6.07, 6.45) is 11.5. The van der Waals surface area contributed by atoms with Gasteiger partial charge in [-0.1, -0.05) is 18.6 Å². The molecule has 0 N–H and O–H groups in total.